The van der Waals surface area contributed by atoms with Crippen molar-refractivity contribution in [3.8, 4) is 11.4 Å². The van der Waals surface area contributed by atoms with Crippen LogP contribution in [0.5, 0.6) is 5.75 Å². The second-order valence-corrected chi connectivity index (χ2v) is 6.36. The highest BCUT2D eigenvalue weighted by Gasteiger charge is 2.31. The Balaban J connectivity index is 1.88. The van der Waals surface area contributed by atoms with Crippen molar-refractivity contribution in [1.29, 1.82) is 0 Å². The van der Waals surface area contributed by atoms with E-state index in [1.165, 1.54) is 11.6 Å². The molecule has 31 heavy (non-hydrogen) atoms. The van der Waals surface area contributed by atoms with Gasteiger partial charge in [0, 0.05) is 6.20 Å². The number of para-hydroxylation sites is 2. The third kappa shape index (κ3) is 4.74. The number of anilines is 2. The van der Waals surface area contributed by atoms with E-state index in [0.717, 1.165) is 12.1 Å². The second kappa shape index (κ2) is 8.34. The van der Waals surface area contributed by atoms with E-state index in [9.17, 15) is 22.8 Å². The molecule has 0 saturated carbocycles. The molecular formula is C19H17F3N6O3. The van der Waals surface area contributed by atoms with Crippen molar-refractivity contribution in [2.45, 2.75) is 13.1 Å². The van der Waals surface area contributed by atoms with E-state index in [0.29, 0.717) is 11.9 Å². The Morgan fingerprint density at radius 3 is 2.52 bits per heavy atom. The van der Waals surface area contributed by atoms with Crippen LogP contribution < -0.4 is 21.5 Å². The topological polar surface area (TPSA) is 138 Å². The van der Waals surface area contributed by atoms with Crippen LogP contribution in [0.25, 0.3) is 5.69 Å². The van der Waals surface area contributed by atoms with Gasteiger partial charge in [0.05, 0.1) is 11.3 Å². The molecule has 9 nitrogen and oxygen atoms in total. The van der Waals surface area contributed by atoms with Crippen LogP contribution in [-0.2, 0) is 11.0 Å². The highest BCUT2D eigenvalue weighted by molar-refractivity contribution is 6.08. The summed E-state index contributed by atoms with van der Waals surface area (Å²) in [6.45, 7) is 1.17. The number of nitrogens with two attached hydrogens (primary N) is 2. The first-order valence-electron chi connectivity index (χ1n) is 8.78. The number of alkyl halides is 3. The number of nitrogens with zero attached hydrogens (tertiary/aromatic N) is 3. The number of rotatable bonds is 6. The van der Waals surface area contributed by atoms with E-state index in [2.05, 4.69) is 15.4 Å². The second-order valence-electron chi connectivity index (χ2n) is 6.36. The molecule has 0 bridgehead atoms. The van der Waals surface area contributed by atoms with Gasteiger partial charge in [-0.15, -0.1) is 0 Å². The van der Waals surface area contributed by atoms with Gasteiger partial charge in [0.25, 0.3) is 11.8 Å². The normalized spacial score (nSPS) is 11.2. The SMILES string of the molecule is Cc1nn(-c2ccccc2OCC(N)=O)c(N)c1C(=O)Nc1ccc(C(F)(F)F)cn1. The summed E-state index contributed by atoms with van der Waals surface area (Å²) in [5.74, 6) is -1.26. The Morgan fingerprint density at radius 1 is 1.19 bits per heavy atom. The molecule has 0 atom stereocenters. The van der Waals surface area contributed by atoms with Gasteiger partial charge in [0.1, 0.15) is 28.6 Å². The van der Waals surface area contributed by atoms with E-state index in [4.69, 9.17) is 16.2 Å². The number of benzene rings is 1. The van der Waals surface area contributed by atoms with Gasteiger partial charge >= 0.3 is 6.18 Å². The lowest BCUT2D eigenvalue weighted by Gasteiger charge is -2.11. The van der Waals surface area contributed by atoms with Crippen LogP contribution in [0.3, 0.4) is 0 Å². The van der Waals surface area contributed by atoms with Crippen molar-refractivity contribution in [3.05, 3.63) is 59.4 Å². The number of nitrogen functional groups attached to an aromatic ring is 1. The third-order valence-corrected chi connectivity index (χ3v) is 4.12. The molecule has 1 aromatic carbocycles. The van der Waals surface area contributed by atoms with Gasteiger partial charge in [-0.2, -0.15) is 18.3 Å². The predicted molar refractivity (Wildman–Crippen MR) is 105 cm³/mol. The summed E-state index contributed by atoms with van der Waals surface area (Å²) < 4.78 is 44.6. The van der Waals surface area contributed by atoms with Crippen LogP contribution >= 0.6 is 0 Å². The lowest BCUT2D eigenvalue weighted by Crippen LogP contribution is -2.20. The van der Waals surface area contributed by atoms with Crippen molar-refractivity contribution in [2.24, 2.45) is 5.73 Å². The number of pyridine rings is 1. The summed E-state index contributed by atoms with van der Waals surface area (Å²) in [5.41, 5.74) is 10.9. The molecule has 0 aliphatic rings. The zero-order chi connectivity index (χ0) is 22.8. The molecule has 0 saturated heterocycles. The van der Waals surface area contributed by atoms with Crippen molar-refractivity contribution in [2.75, 3.05) is 17.7 Å². The van der Waals surface area contributed by atoms with E-state index in [1.54, 1.807) is 24.3 Å². The van der Waals surface area contributed by atoms with Crippen molar-refractivity contribution in [1.82, 2.24) is 14.8 Å². The average Bonchev–Trinajstić information content (AvgIpc) is 3.00. The number of ether oxygens (including phenoxy) is 1. The quantitative estimate of drug-likeness (QED) is 0.544. The number of amides is 2. The first kappa shape index (κ1) is 21.6. The van der Waals surface area contributed by atoms with Gasteiger partial charge in [-0.3, -0.25) is 9.59 Å². The number of aromatic nitrogens is 3. The molecule has 12 heteroatoms. The van der Waals surface area contributed by atoms with Crippen LogP contribution in [0.4, 0.5) is 24.8 Å². The smallest absolute Gasteiger partial charge is 0.417 e. The minimum Gasteiger partial charge on any atom is -0.482 e. The number of nitrogens with one attached hydrogen (secondary N) is 1. The molecule has 3 aromatic rings. The van der Waals surface area contributed by atoms with Gasteiger partial charge in [0.15, 0.2) is 6.61 Å². The summed E-state index contributed by atoms with van der Waals surface area (Å²) in [4.78, 5) is 27.3. The van der Waals surface area contributed by atoms with Crippen LogP contribution in [0.2, 0.25) is 0 Å². The maximum absolute atomic E-state index is 12.7. The number of halogens is 3. The first-order valence-corrected chi connectivity index (χ1v) is 8.78. The summed E-state index contributed by atoms with van der Waals surface area (Å²) >= 11 is 0. The predicted octanol–water partition coefficient (Wildman–Crippen LogP) is 2.29. The standard InChI is InChI=1S/C19H17F3N6O3/c1-10-16(18(30)26-15-7-6-11(8-25-15)19(20,21)22)17(24)28(27-10)12-4-2-3-5-13(12)31-9-14(23)29/h2-8H,9,24H2,1H3,(H2,23,29)(H,25,26,30). The van der Waals surface area contributed by atoms with E-state index in [1.807, 2.05) is 0 Å². The monoisotopic (exact) mass is 434 g/mol. The molecule has 5 N–H and O–H groups in total. The van der Waals surface area contributed by atoms with Gasteiger partial charge in [-0.1, -0.05) is 12.1 Å². The Bertz CT molecular complexity index is 1130. The number of carbonyl (C=O) groups is 2. The first-order chi connectivity index (χ1) is 14.6. The number of aryl methyl sites for hydroxylation is 1. The number of carbonyl (C=O) groups excluding carboxylic acids is 2. The van der Waals surface area contributed by atoms with E-state index < -0.39 is 23.6 Å². The van der Waals surface area contributed by atoms with Crippen LogP contribution in [-0.4, -0.2) is 33.2 Å². The van der Waals surface area contributed by atoms with E-state index >= 15 is 0 Å². The fourth-order valence-electron chi connectivity index (χ4n) is 2.73. The van der Waals surface area contributed by atoms with Crippen LogP contribution in [0, 0.1) is 6.92 Å². The van der Waals surface area contributed by atoms with Crippen LogP contribution in [0.1, 0.15) is 21.6 Å². The fraction of sp³-hybridized carbons (Fsp3) is 0.158. The Kier molecular flexibility index (Phi) is 5.81. The fourth-order valence-corrected chi connectivity index (χ4v) is 2.73. The minimum absolute atomic E-state index is 0.00593. The van der Waals surface area contributed by atoms with Crippen molar-refractivity contribution in [3.63, 3.8) is 0 Å². The summed E-state index contributed by atoms with van der Waals surface area (Å²) in [7, 11) is 0. The van der Waals surface area contributed by atoms with Gasteiger partial charge in [-0.05, 0) is 31.2 Å². The third-order valence-electron chi connectivity index (χ3n) is 4.12. The molecule has 0 unspecified atom stereocenters. The lowest BCUT2D eigenvalue weighted by molar-refractivity contribution is -0.137. The zero-order valence-electron chi connectivity index (χ0n) is 16.1. The minimum atomic E-state index is -4.54. The Labute approximate surface area is 173 Å². The number of hydrogen-bond acceptors (Lipinski definition) is 6. The molecule has 2 aromatic heterocycles. The highest BCUT2D eigenvalue weighted by Crippen LogP contribution is 2.30. The van der Waals surface area contributed by atoms with E-state index in [-0.39, 0.29) is 35.2 Å². The zero-order valence-corrected chi connectivity index (χ0v) is 16.1. The molecule has 0 radical (unpaired) electrons. The van der Waals surface area contributed by atoms with Crippen molar-refractivity contribution < 1.29 is 27.5 Å². The molecule has 0 spiro atoms. The Morgan fingerprint density at radius 2 is 1.90 bits per heavy atom. The maximum atomic E-state index is 12.7. The molecule has 2 amide bonds. The van der Waals surface area contributed by atoms with Gasteiger partial charge in [-0.25, -0.2) is 9.67 Å². The van der Waals surface area contributed by atoms with Crippen molar-refractivity contribution >= 4 is 23.5 Å². The molecule has 0 aliphatic carbocycles. The molecule has 3 rings (SSSR count). The Hall–Kier alpha value is -4.09. The summed E-state index contributed by atoms with van der Waals surface area (Å²) in [6.07, 6.45) is -3.93. The highest BCUT2D eigenvalue weighted by atomic mass is 19.4. The number of primary amides is 1. The summed E-state index contributed by atoms with van der Waals surface area (Å²) in [5, 5.41) is 6.64. The van der Waals surface area contributed by atoms with Crippen LogP contribution in [0.15, 0.2) is 42.6 Å². The van der Waals surface area contributed by atoms with Gasteiger partial charge < -0.3 is 21.5 Å². The molecule has 0 aliphatic heterocycles. The molecular weight excluding hydrogens is 417 g/mol. The summed E-state index contributed by atoms with van der Waals surface area (Å²) in [6, 6.07) is 8.35. The molecule has 2 heterocycles. The molecule has 162 valence electrons. The lowest BCUT2D eigenvalue weighted by atomic mass is 10.2. The largest absolute Gasteiger partial charge is 0.482 e. The molecule has 0 fully saturated rings. The van der Waals surface area contributed by atoms with Gasteiger partial charge in [0.2, 0.25) is 0 Å². The average molecular weight is 434 g/mol. The maximum Gasteiger partial charge on any atom is 0.417 e. The number of hydrogen-bond donors (Lipinski definition) is 3.